The summed E-state index contributed by atoms with van der Waals surface area (Å²) in [6.45, 7) is 7.74. The summed E-state index contributed by atoms with van der Waals surface area (Å²) in [5.74, 6) is 0.571. The summed E-state index contributed by atoms with van der Waals surface area (Å²) < 4.78 is 0. The highest BCUT2D eigenvalue weighted by Crippen LogP contribution is 2.38. The van der Waals surface area contributed by atoms with Crippen molar-refractivity contribution in [3.8, 4) is 23.0 Å². The van der Waals surface area contributed by atoms with E-state index in [1.165, 1.54) is 6.42 Å². The number of benzene rings is 5. The molecule has 7 heteroatoms. The van der Waals surface area contributed by atoms with Crippen molar-refractivity contribution in [3.05, 3.63) is 155 Å². The van der Waals surface area contributed by atoms with Crippen LogP contribution >= 0.6 is 0 Å². The maximum absolute atomic E-state index is 11.9. The zero-order chi connectivity index (χ0) is 38.1. The van der Waals surface area contributed by atoms with Crippen LogP contribution < -0.4 is 0 Å². The molecule has 0 spiro atoms. The number of carbonyl (C=O) groups is 2. The van der Waals surface area contributed by atoms with Crippen molar-refractivity contribution < 1.29 is 30.0 Å². The average molecular weight is 714 g/mol. The third kappa shape index (κ3) is 9.09. The van der Waals surface area contributed by atoms with E-state index >= 15 is 0 Å². The number of likely N-dealkylation sites (tertiary alicyclic amines) is 1. The molecule has 2 amide bonds. The predicted octanol–water partition coefficient (Wildman–Crippen LogP) is 9.86. The fourth-order valence-corrected chi connectivity index (χ4v) is 7.38. The molecule has 2 aliphatic rings. The molecular weight excluding hydrogens is 663 g/mol. The van der Waals surface area contributed by atoms with Gasteiger partial charge in [-0.05, 0) is 94.8 Å². The van der Waals surface area contributed by atoms with Crippen LogP contribution in [0.15, 0.2) is 121 Å². The minimum atomic E-state index is -0.112. The lowest BCUT2D eigenvalue weighted by molar-refractivity contribution is -0.143. The number of aromatic hydroxyl groups is 4. The van der Waals surface area contributed by atoms with Crippen molar-refractivity contribution in [2.45, 2.75) is 77.7 Å². The van der Waals surface area contributed by atoms with Gasteiger partial charge < -0.3 is 20.4 Å². The summed E-state index contributed by atoms with van der Waals surface area (Å²) in [6.07, 6.45) is 5.58. The molecule has 7 nitrogen and oxygen atoms in total. The molecule has 7 rings (SSSR count). The fourth-order valence-electron chi connectivity index (χ4n) is 7.38. The van der Waals surface area contributed by atoms with Crippen molar-refractivity contribution in [2.75, 3.05) is 0 Å². The molecule has 1 saturated carbocycles. The van der Waals surface area contributed by atoms with Crippen molar-refractivity contribution in [2.24, 2.45) is 11.8 Å². The Labute approximate surface area is 313 Å². The molecule has 0 radical (unpaired) electrons. The smallest absolute Gasteiger partial charge is 0.233 e. The second-order valence-electron chi connectivity index (χ2n) is 13.8. The number of rotatable bonds is 7. The number of phenols is 4. The summed E-state index contributed by atoms with van der Waals surface area (Å²) in [5.41, 5.74) is 6.26. The lowest BCUT2D eigenvalue weighted by Gasteiger charge is -2.29. The van der Waals surface area contributed by atoms with Crippen LogP contribution in [0.4, 0.5) is 0 Å². The fraction of sp³-hybridized carbons (Fsp3) is 0.304. The van der Waals surface area contributed by atoms with Crippen LogP contribution in [0.3, 0.4) is 0 Å². The first kappa shape index (κ1) is 38.7. The molecule has 1 saturated heterocycles. The van der Waals surface area contributed by atoms with Gasteiger partial charge in [-0.1, -0.05) is 120 Å². The molecule has 4 N–H and O–H groups in total. The molecule has 0 aromatic heterocycles. The molecule has 276 valence electrons. The Bertz CT molecular complexity index is 1690. The van der Waals surface area contributed by atoms with Gasteiger partial charge in [0.1, 0.15) is 23.0 Å². The third-order valence-corrected chi connectivity index (χ3v) is 10.5. The van der Waals surface area contributed by atoms with Crippen molar-refractivity contribution >= 4 is 11.8 Å². The normalized spacial score (nSPS) is 17.3. The van der Waals surface area contributed by atoms with Gasteiger partial charge in [0.2, 0.25) is 11.8 Å². The highest BCUT2D eigenvalue weighted by Gasteiger charge is 2.45. The van der Waals surface area contributed by atoms with Gasteiger partial charge in [0, 0.05) is 29.7 Å². The van der Waals surface area contributed by atoms with Gasteiger partial charge in [0.05, 0.1) is 0 Å². The molecule has 1 aliphatic carbocycles. The van der Waals surface area contributed by atoms with E-state index in [9.17, 15) is 30.0 Å². The van der Waals surface area contributed by atoms with Gasteiger partial charge in [-0.25, -0.2) is 0 Å². The number of phenolic OH excluding ortho intramolecular Hbond substituents is 4. The van der Waals surface area contributed by atoms with Crippen LogP contribution in [0.25, 0.3) is 0 Å². The van der Waals surface area contributed by atoms with Crippen LogP contribution in [-0.4, -0.2) is 43.2 Å². The number of imide groups is 1. The van der Waals surface area contributed by atoms with Gasteiger partial charge in [-0.3, -0.25) is 14.5 Å². The number of nitrogens with zero attached hydrogens (tertiary/aromatic N) is 1. The topological polar surface area (TPSA) is 118 Å². The third-order valence-electron chi connectivity index (χ3n) is 10.5. The highest BCUT2D eigenvalue weighted by molar-refractivity contribution is 6.05. The van der Waals surface area contributed by atoms with E-state index in [2.05, 4.69) is 24.3 Å². The summed E-state index contributed by atoms with van der Waals surface area (Å²) in [4.78, 5) is 25.4. The van der Waals surface area contributed by atoms with Crippen molar-refractivity contribution in [1.82, 2.24) is 4.90 Å². The zero-order valence-electron chi connectivity index (χ0n) is 31.0. The Morgan fingerprint density at radius 3 is 0.906 bits per heavy atom. The molecular formula is C46H51NO6. The summed E-state index contributed by atoms with van der Waals surface area (Å²) >= 11 is 0. The number of hydrogen-bond acceptors (Lipinski definition) is 6. The first-order chi connectivity index (χ1) is 25.6. The van der Waals surface area contributed by atoms with E-state index in [1.807, 2.05) is 76.2 Å². The van der Waals surface area contributed by atoms with Crippen LogP contribution in [-0.2, 0) is 9.59 Å². The van der Waals surface area contributed by atoms with Crippen molar-refractivity contribution in [3.63, 3.8) is 0 Å². The average Bonchev–Trinajstić information content (AvgIpc) is 3.38. The Hall–Kier alpha value is -5.56. The molecule has 2 atom stereocenters. The van der Waals surface area contributed by atoms with Gasteiger partial charge in [0.25, 0.3) is 0 Å². The van der Waals surface area contributed by atoms with Gasteiger partial charge >= 0.3 is 0 Å². The largest absolute Gasteiger partial charge is 0.508 e. The molecule has 2 unspecified atom stereocenters. The minimum absolute atomic E-state index is 0.0550. The molecule has 53 heavy (non-hydrogen) atoms. The van der Waals surface area contributed by atoms with Crippen LogP contribution in [0, 0.1) is 11.8 Å². The Balaban J connectivity index is 0.000000265. The van der Waals surface area contributed by atoms with E-state index in [-0.39, 0.29) is 64.5 Å². The van der Waals surface area contributed by atoms with Crippen LogP contribution in [0.5, 0.6) is 23.0 Å². The van der Waals surface area contributed by atoms with E-state index in [0.717, 1.165) is 59.1 Å². The van der Waals surface area contributed by atoms with E-state index in [1.54, 1.807) is 53.4 Å². The molecule has 5 aromatic rings. The molecule has 1 aliphatic heterocycles. The van der Waals surface area contributed by atoms with Gasteiger partial charge in [-0.2, -0.15) is 0 Å². The second kappa shape index (κ2) is 17.8. The zero-order valence-corrected chi connectivity index (χ0v) is 31.0. The number of carbonyl (C=O) groups excluding carboxylic acids is 2. The van der Waals surface area contributed by atoms with E-state index < -0.39 is 0 Å². The molecule has 0 bridgehead atoms. The Kier molecular flexibility index (Phi) is 13.0. The standard InChI is InChI=1S/C32H26O4.C12H19NO2.C2H6/c33-27-13-5-23(6-14-27)31(24-7-15-28(34)16-8-24)21-1-2-22(4-3-21)32(25-9-17-29(35)18-10-25)26-11-19-30(36)20-12-26;1-8-9(2)12(15)13(11(8)14)10-6-4-3-5-7-10;1-2/h1-20,31-36H;8-10H,3-7H2,1-2H3;1-2H3. The first-order valence-electron chi connectivity index (χ1n) is 18.7. The van der Waals surface area contributed by atoms with E-state index in [0.29, 0.717) is 0 Å². The molecule has 2 fully saturated rings. The SMILES string of the molecule is CC.CC1C(=O)N(C2CCCCC2)C(=O)C1C.Oc1ccc(C(c2ccc(O)cc2)c2ccc(C(c3ccc(O)cc3)c3ccc(O)cc3)cc2)cc1. The summed E-state index contributed by atoms with van der Waals surface area (Å²) in [5, 5.41) is 39.2. The number of hydrogen-bond donors (Lipinski definition) is 4. The second-order valence-corrected chi connectivity index (χ2v) is 13.8. The van der Waals surface area contributed by atoms with E-state index in [4.69, 9.17) is 0 Å². The predicted molar refractivity (Wildman–Crippen MR) is 209 cm³/mol. The molecule has 5 aromatic carbocycles. The quantitative estimate of drug-likeness (QED) is 0.0985. The Morgan fingerprint density at radius 1 is 0.434 bits per heavy atom. The van der Waals surface area contributed by atoms with Gasteiger partial charge in [0.15, 0.2) is 0 Å². The summed E-state index contributed by atoms with van der Waals surface area (Å²) in [6, 6.07) is 37.4. The summed E-state index contributed by atoms with van der Waals surface area (Å²) in [7, 11) is 0. The minimum Gasteiger partial charge on any atom is -0.508 e. The van der Waals surface area contributed by atoms with Crippen LogP contribution in [0.2, 0.25) is 0 Å². The number of amides is 2. The molecule has 1 heterocycles. The van der Waals surface area contributed by atoms with Crippen LogP contribution in [0.1, 0.15) is 105 Å². The highest BCUT2D eigenvalue weighted by atomic mass is 16.3. The first-order valence-corrected chi connectivity index (χ1v) is 18.7. The lowest BCUT2D eigenvalue weighted by Crippen LogP contribution is -2.41. The lowest BCUT2D eigenvalue weighted by atomic mass is 9.81. The maximum atomic E-state index is 11.9. The Morgan fingerprint density at radius 2 is 0.660 bits per heavy atom. The monoisotopic (exact) mass is 713 g/mol. The van der Waals surface area contributed by atoms with Crippen molar-refractivity contribution in [1.29, 1.82) is 0 Å². The maximum Gasteiger partial charge on any atom is 0.233 e. The van der Waals surface area contributed by atoms with Gasteiger partial charge in [-0.15, -0.1) is 0 Å².